The van der Waals surface area contributed by atoms with Crippen molar-refractivity contribution in [3.63, 3.8) is 0 Å². The van der Waals surface area contributed by atoms with Crippen molar-refractivity contribution in [1.29, 1.82) is 0 Å². The third-order valence-corrected chi connectivity index (χ3v) is 1.84. The fourth-order valence-electron chi connectivity index (χ4n) is 1.18. The van der Waals surface area contributed by atoms with Gasteiger partial charge in [-0.2, -0.15) is 13.2 Å². The zero-order chi connectivity index (χ0) is 11.6. The molecule has 0 fully saturated rings. The smallest absolute Gasteiger partial charge is 0.405 e. The Kier molecular flexibility index (Phi) is 3.06. The van der Waals surface area contributed by atoms with Crippen molar-refractivity contribution in [1.82, 2.24) is 5.32 Å². The molecule has 0 bridgehead atoms. The number of carbonyl (C=O) groups is 1. The number of furan rings is 1. The summed E-state index contributed by atoms with van der Waals surface area (Å²) in [5, 5.41) is 1.78. The molecule has 0 saturated heterocycles. The highest BCUT2D eigenvalue weighted by atomic mass is 19.4. The van der Waals surface area contributed by atoms with E-state index in [1.807, 2.05) is 0 Å². The molecule has 1 amide bonds. The van der Waals surface area contributed by atoms with Gasteiger partial charge in [-0.25, -0.2) is 0 Å². The number of aryl methyl sites for hydroxylation is 2. The van der Waals surface area contributed by atoms with Crippen LogP contribution in [-0.2, 0) is 0 Å². The highest BCUT2D eigenvalue weighted by molar-refractivity contribution is 5.96. The molecule has 0 radical (unpaired) electrons. The van der Waals surface area contributed by atoms with E-state index < -0.39 is 18.6 Å². The van der Waals surface area contributed by atoms with E-state index >= 15 is 0 Å². The molecule has 6 heteroatoms. The lowest BCUT2D eigenvalue weighted by Gasteiger charge is -2.08. The Morgan fingerprint density at radius 3 is 2.47 bits per heavy atom. The molecule has 1 aromatic rings. The van der Waals surface area contributed by atoms with Crippen molar-refractivity contribution in [2.45, 2.75) is 20.0 Å². The number of hydrogen-bond acceptors (Lipinski definition) is 2. The van der Waals surface area contributed by atoms with Gasteiger partial charge in [0.15, 0.2) is 0 Å². The first kappa shape index (κ1) is 11.6. The molecular formula is C9H10F3NO2. The molecule has 0 atom stereocenters. The molecule has 0 aromatic carbocycles. The van der Waals surface area contributed by atoms with Crippen molar-refractivity contribution >= 4 is 5.91 Å². The summed E-state index contributed by atoms with van der Waals surface area (Å²) in [6, 6.07) is 0. The minimum atomic E-state index is -4.40. The van der Waals surface area contributed by atoms with E-state index in [1.54, 1.807) is 12.2 Å². The topological polar surface area (TPSA) is 42.2 Å². The Morgan fingerprint density at radius 2 is 2.07 bits per heavy atom. The maximum atomic E-state index is 11.8. The first-order valence-corrected chi connectivity index (χ1v) is 4.21. The molecule has 15 heavy (non-hydrogen) atoms. The molecule has 3 nitrogen and oxygen atoms in total. The van der Waals surface area contributed by atoms with Crippen molar-refractivity contribution < 1.29 is 22.4 Å². The van der Waals surface area contributed by atoms with Gasteiger partial charge >= 0.3 is 6.18 Å². The van der Waals surface area contributed by atoms with Gasteiger partial charge in [0.1, 0.15) is 12.3 Å². The zero-order valence-electron chi connectivity index (χ0n) is 8.23. The molecule has 1 N–H and O–H groups in total. The van der Waals surface area contributed by atoms with Crippen molar-refractivity contribution in [2.75, 3.05) is 6.54 Å². The fourth-order valence-corrected chi connectivity index (χ4v) is 1.18. The second-order valence-electron chi connectivity index (χ2n) is 3.15. The number of carbonyl (C=O) groups excluding carboxylic acids is 1. The lowest BCUT2D eigenvalue weighted by atomic mass is 10.1. The van der Waals surface area contributed by atoms with Gasteiger partial charge in [-0.15, -0.1) is 0 Å². The van der Waals surface area contributed by atoms with Crippen molar-refractivity contribution in [3.8, 4) is 0 Å². The Labute approximate surface area is 84.3 Å². The molecule has 0 aliphatic heterocycles. The normalized spacial score (nSPS) is 11.5. The van der Waals surface area contributed by atoms with Crippen LogP contribution in [0.3, 0.4) is 0 Å². The van der Waals surface area contributed by atoms with Crippen LogP contribution in [0.4, 0.5) is 13.2 Å². The molecule has 1 aromatic heterocycles. The summed E-state index contributed by atoms with van der Waals surface area (Å²) in [4.78, 5) is 11.3. The minimum Gasteiger partial charge on any atom is -0.469 e. The highest BCUT2D eigenvalue weighted by Crippen LogP contribution is 2.16. The first-order valence-electron chi connectivity index (χ1n) is 4.21. The van der Waals surface area contributed by atoms with Crippen LogP contribution in [-0.4, -0.2) is 18.6 Å². The number of halogens is 3. The van der Waals surface area contributed by atoms with E-state index in [2.05, 4.69) is 0 Å². The van der Waals surface area contributed by atoms with Crippen LogP contribution in [0.5, 0.6) is 0 Å². The molecule has 84 valence electrons. The summed E-state index contributed by atoms with van der Waals surface area (Å²) in [6.07, 6.45) is -3.07. The van der Waals surface area contributed by atoms with E-state index in [9.17, 15) is 18.0 Å². The Hall–Kier alpha value is -1.46. The summed E-state index contributed by atoms with van der Waals surface area (Å²) in [6.45, 7) is 1.78. The van der Waals surface area contributed by atoms with E-state index in [-0.39, 0.29) is 5.56 Å². The van der Waals surface area contributed by atoms with E-state index in [4.69, 9.17) is 4.42 Å². The van der Waals surface area contributed by atoms with Crippen LogP contribution in [0.1, 0.15) is 21.7 Å². The molecule has 1 heterocycles. The second-order valence-corrected chi connectivity index (χ2v) is 3.15. The van der Waals surface area contributed by atoms with Gasteiger partial charge in [0, 0.05) is 5.56 Å². The van der Waals surface area contributed by atoms with E-state index in [1.165, 1.54) is 13.2 Å². The summed E-state index contributed by atoms with van der Waals surface area (Å²) >= 11 is 0. The summed E-state index contributed by atoms with van der Waals surface area (Å²) in [5.41, 5.74) is 0.687. The van der Waals surface area contributed by atoms with E-state index in [0.29, 0.717) is 11.3 Å². The van der Waals surface area contributed by atoms with Gasteiger partial charge in [-0.05, 0) is 13.8 Å². The van der Waals surface area contributed by atoms with Gasteiger partial charge in [-0.1, -0.05) is 0 Å². The average Bonchev–Trinajstić information content (AvgIpc) is 2.41. The van der Waals surface area contributed by atoms with Crippen LogP contribution in [0, 0.1) is 13.8 Å². The number of hydrogen-bond donors (Lipinski definition) is 1. The molecule has 0 saturated carbocycles. The number of alkyl halides is 3. The molecule has 0 unspecified atom stereocenters. The quantitative estimate of drug-likeness (QED) is 0.831. The minimum absolute atomic E-state index is 0.166. The Balaban J connectivity index is 2.70. The summed E-state index contributed by atoms with van der Waals surface area (Å²) in [5.74, 6) is -0.455. The number of rotatable bonds is 2. The third-order valence-electron chi connectivity index (χ3n) is 1.84. The number of nitrogens with one attached hydrogen (secondary N) is 1. The Morgan fingerprint density at radius 1 is 1.47 bits per heavy atom. The van der Waals surface area contributed by atoms with Gasteiger partial charge in [0.2, 0.25) is 0 Å². The largest absolute Gasteiger partial charge is 0.469 e. The average molecular weight is 221 g/mol. The highest BCUT2D eigenvalue weighted by Gasteiger charge is 2.28. The monoisotopic (exact) mass is 221 g/mol. The van der Waals surface area contributed by atoms with Gasteiger partial charge in [0.05, 0.1) is 11.8 Å². The van der Waals surface area contributed by atoms with Crippen LogP contribution >= 0.6 is 0 Å². The molecule has 0 aliphatic carbocycles. The van der Waals surface area contributed by atoms with Gasteiger partial charge in [-0.3, -0.25) is 4.79 Å². The van der Waals surface area contributed by atoms with Gasteiger partial charge in [0.25, 0.3) is 5.91 Å². The molecule has 0 aliphatic rings. The predicted molar refractivity (Wildman–Crippen MR) is 46.6 cm³/mol. The first-order chi connectivity index (χ1) is 6.81. The van der Waals surface area contributed by atoms with Crippen LogP contribution < -0.4 is 5.32 Å². The van der Waals surface area contributed by atoms with Crippen LogP contribution in [0.15, 0.2) is 10.7 Å². The predicted octanol–water partition coefficient (Wildman–Crippen LogP) is 2.19. The molecule has 1 rings (SSSR count). The Bertz CT molecular complexity index is 348. The third kappa shape index (κ3) is 3.00. The fraction of sp³-hybridized carbons (Fsp3) is 0.444. The lowest BCUT2D eigenvalue weighted by molar-refractivity contribution is -0.123. The van der Waals surface area contributed by atoms with Crippen LogP contribution in [0.2, 0.25) is 0 Å². The van der Waals surface area contributed by atoms with Crippen LogP contribution in [0.25, 0.3) is 0 Å². The van der Waals surface area contributed by atoms with Gasteiger partial charge < -0.3 is 9.73 Å². The van der Waals surface area contributed by atoms with E-state index in [0.717, 1.165) is 0 Å². The number of amides is 1. The second kappa shape index (κ2) is 3.96. The van der Waals surface area contributed by atoms with Crippen molar-refractivity contribution in [2.24, 2.45) is 0 Å². The molecular weight excluding hydrogens is 211 g/mol. The van der Waals surface area contributed by atoms with Crippen molar-refractivity contribution in [3.05, 3.63) is 23.2 Å². The molecule has 0 spiro atoms. The summed E-state index contributed by atoms with van der Waals surface area (Å²) < 4.78 is 40.4. The zero-order valence-corrected chi connectivity index (χ0v) is 8.23. The summed E-state index contributed by atoms with van der Waals surface area (Å²) in [7, 11) is 0. The maximum Gasteiger partial charge on any atom is 0.405 e. The lowest BCUT2D eigenvalue weighted by Crippen LogP contribution is -2.34. The maximum absolute atomic E-state index is 11.8. The SMILES string of the molecule is Cc1coc(C)c1C(=O)NCC(F)(F)F. The standard InChI is InChI=1S/C9H10F3NO2/c1-5-3-15-6(2)7(5)8(14)13-4-9(10,11)12/h3H,4H2,1-2H3,(H,13,14).